The first-order valence-electron chi connectivity index (χ1n) is 10.1. The molecule has 0 saturated carbocycles. The molecular weight excluding hydrogens is 497 g/mol. The van der Waals surface area contributed by atoms with Gasteiger partial charge in [-0.1, -0.05) is 6.07 Å². The van der Waals surface area contributed by atoms with Crippen LogP contribution in [0.4, 0.5) is 30.7 Å². The maximum Gasteiger partial charge on any atom is 0.422 e. The highest BCUT2D eigenvalue weighted by Gasteiger charge is 2.46. The van der Waals surface area contributed by atoms with Crippen molar-refractivity contribution in [1.82, 2.24) is 15.0 Å². The van der Waals surface area contributed by atoms with E-state index in [-0.39, 0.29) is 11.4 Å². The highest BCUT2D eigenvalue weighted by Crippen LogP contribution is 2.42. The molecule has 0 aliphatic rings. The summed E-state index contributed by atoms with van der Waals surface area (Å²) in [5.74, 6) is 2.60. The summed E-state index contributed by atoms with van der Waals surface area (Å²) in [7, 11) is 0. The topological polar surface area (TPSA) is 103 Å². The third-order valence-electron chi connectivity index (χ3n) is 4.93. The number of nitrogens with zero attached hydrogens (tertiary/aromatic N) is 4. The number of aromatic nitrogens is 2. The molecule has 192 valence electrons. The van der Waals surface area contributed by atoms with Gasteiger partial charge in [0, 0.05) is 18.2 Å². The van der Waals surface area contributed by atoms with Crippen molar-refractivity contribution in [3.63, 3.8) is 0 Å². The first-order valence-corrected chi connectivity index (χ1v) is 10.1. The highest BCUT2D eigenvalue weighted by atomic mass is 19.4. The summed E-state index contributed by atoms with van der Waals surface area (Å²) in [6.45, 7) is -2.14. The van der Waals surface area contributed by atoms with Crippen molar-refractivity contribution in [2.45, 2.75) is 18.0 Å². The summed E-state index contributed by atoms with van der Waals surface area (Å²) in [4.78, 5) is 7.71. The van der Waals surface area contributed by atoms with E-state index in [2.05, 4.69) is 19.8 Å². The van der Waals surface area contributed by atoms with Gasteiger partial charge in [0.2, 0.25) is 0 Å². The molecule has 0 fully saturated rings. The van der Waals surface area contributed by atoms with Gasteiger partial charge in [-0.3, -0.25) is 15.0 Å². The van der Waals surface area contributed by atoms with Gasteiger partial charge in [0.1, 0.15) is 29.4 Å². The van der Waals surface area contributed by atoms with Gasteiger partial charge in [-0.2, -0.15) is 27.1 Å². The van der Waals surface area contributed by atoms with E-state index in [0.717, 1.165) is 30.9 Å². The van der Waals surface area contributed by atoms with E-state index in [1.54, 1.807) is 0 Å². The van der Waals surface area contributed by atoms with Crippen LogP contribution in [0.2, 0.25) is 0 Å². The predicted octanol–water partition coefficient (Wildman–Crippen LogP) is 4.32. The van der Waals surface area contributed by atoms with Gasteiger partial charge in [0.25, 0.3) is 5.92 Å². The average molecular weight is 516 g/mol. The lowest BCUT2D eigenvalue weighted by Gasteiger charge is -2.29. The van der Waals surface area contributed by atoms with E-state index in [9.17, 15) is 22.0 Å². The Hall–Kier alpha value is -3.94. The van der Waals surface area contributed by atoms with Crippen molar-refractivity contribution in [2.75, 3.05) is 13.2 Å². The lowest BCUT2D eigenvalue weighted by Crippen LogP contribution is -2.40. The molecule has 4 N–H and O–H groups in total. The Morgan fingerprint density at radius 1 is 1.00 bits per heavy atom. The minimum absolute atomic E-state index is 0.0521. The van der Waals surface area contributed by atoms with E-state index < -0.39 is 54.1 Å². The van der Waals surface area contributed by atoms with Gasteiger partial charge >= 0.3 is 6.18 Å². The molecule has 1 unspecified atom stereocenters. The lowest BCUT2D eigenvalue weighted by molar-refractivity contribution is -0.153. The fourth-order valence-electron chi connectivity index (χ4n) is 3.25. The number of ether oxygens (including phenoxy) is 1. The maximum atomic E-state index is 15.5. The normalized spacial score (nSPS) is 13.1. The molecule has 0 radical (unpaired) electrons. The second-order valence-corrected chi connectivity index (χ2v) is 7.52. The van der Waals surface area contributed by atoms with Crippen LogP contribution < -0.4 is 16.4 Å². The molecule has 14 heteroatoms. The molecule has 1 atom stereocenters. The van der Waals surface area contributed by atoms with E-state index in [4.69, 9.17) is 11.7 Å². The summed E-state index contributed by atoms with van der Waals surface area (Å²) >= 11 is 0. The second kappa shape index (κ2) is 10.8. The fourth-order valence-corrected chi connectivity index (χ4v) is 3.25. The fraction of sp³-hybridized carbons (Fsp3) is 0.227. The largest absolute Gasteiger partial charge is 0.484 e. The van der Waals surface area contributed by atoms with Gasteiger partial charge in [0.05, 0.1) is 24.0 Å². The number of benzene rings is 2. The SMILES string of the molecule is N/N=C\N(N)CC(c1ccc(F)cc1F)C(F)(F)c1cnc(-c2ccc(OCC(F)(F)F)cc2)cn1. The molecule has 0 spiro atoms. The van der Waals surface area contributed by atoms with Crippen LogP contribution in [-0.2, 0) is 5.92 Å². The number of halogens is 7. The van der Waals surface area contributed by atoms with Crippen LogP contribution in [0.25, 0.3) is 11.3 Å². The van der Waals surface area contributed by atoms with Crippen LogP contribution in [0.5, 0.6) is 5.75 Å². The zero-order valence-electron chi connectivity index (χ0n) is 18.3. The van der Waals surface area contributed by atoms with Gasteiger partial charge in [-0.05, 0) is 35.9 Å². The number of nitrogens with two attached hydrogens (primary N) is 2. The maximum absolute atomic E-state index is 15.5. The molecule has 0 saturated heterocycles. The van der Waals surface area contributed by atoms with Crippen molar-refractivity contribution >= 4 is 6.34 Å². The Morgan fingerprint density at radius 2 is 1.69 bits per heavy atom. The highest BCUT2D eigenvalue weighted by molar-refractivity contribution is 5.59. The van der Waals surface area contributed by atoms with Crippen LogP contribution in [-0.4, -0.2) is 40.6 Å². The average Bonchev–Trinajstić information content (AvgIpc) is 2.82. The third kappa shape index (κ3) is 6.59. The smallest absolute Gasteiger partial charge is 0.422 e. The van der Waals surface area contributed by atoms with Gasteiger partial charge < -0.3 is 10.6 Å². The summed E-state index contributed by atoms with van der Waals surface area (Å²) in [6.07, 6.45) is -1.86. The van der Waals surface area contributed by atoms with Crippen LogP contribution in [0, 0.1) is 11.6 Å². The summed E-state index contributed by atoms with van der Waals surface area (Å²) < 4.78 is 100. The molecule has 0 amide bonds. The number of hydrazone groups is 1. The van der Waals surface area contributed by atoms with Crippen LogP contribution >= 0.6 is 0 Å². The Kier molecular flexibility index (Phi) is 7.97. The van der Waals surface area contributed by atoms with Crippen LogP contribution in [0.1, 0.15) is 17.2 Å². The van der Waals surface area contributed by atoms with Crippen molar-refractivity contribution in [3.05, 3.63) is 77.8 Å². The quantitative estimate of drug-likeness (QED) is 0.144. The first-order chi connectivity index (χ1) is 16.9. The molecule has 3 aromatic rings. The number of alkyl halides is 5. The molecule has 0 aliphatic heterocycles. The van der Waals surface area contributed by atoms with E-state index >= 15 is 8.78 Å². The first kappa shape index (κ1) is 26.7. The summed E-state index contributed by atoms with van der Waals surface area (Å²) in [5, 5.41) is 3.85. The molecule has 2 aromatic carbocycles. The molecule has 36 heavy (non-hydrogen) atoms. The number of hydrogen-bond acceptors (Lipinski definition) is 6. The van der Waals surface area contributed by atoms with Crippen molar-refractivity contribution < 1.29 is 35.5 Å². The molecular formula is C22H19F7N6O. The number of hydrogen-bond donors (Lipinski definition) is 2. The monoisotopic (exact) mass is 516 g/mol. The number of hydrazine groups is 1. The molecule has 1 heterocycles. The Bertz CT molecular complexity index is 1190. The Labute approximate surface area is 200 Å². The van der Waals surface area contributed by atoms with Crippen LogP contribution in [0.3, 0.4) is 0 Å². The minimum atomic E-state index is -4.50. The molecule has 7 nitrogen and oxygen atoms in total. The Balaban J connectivity index is 1.87. The molecule has 1 aromatic heterocycles. The van der Waals surface area contributed by atoms with Gasteiger partial charge in [0.15, 0.2) is 6.61 Å². The summed E-state index contributed by atoms with van der Waals surface area (Å²) in [5.41, 5.74) is -0.854. The predicted molar refractivity (Wildman–Crippen MR) is 116 cm³/mol. The van der Waals surface area contributed by atoms with E-state index in [0.29, 0.717) is 16.6 Å². The van der Waals surface area contributed by atoms with Gasteiger partial charge in [-0.15, -0.1) is 0 Å². The Morgan fingerprint density at radius 3 is 2.25 bits per heavy atom. The molecule has 3 rings (SSSR count). The molecule has 0 aliphatic carbocycles. The van der Waals surface area contributed by atoms with Crippen molar-refractivity contribution in [1.29, 1.82) is 0 Å². The zero-order chi connectivity index (χ0) is 26.5. The zero-order valence-corrected chi connectivity index (χ0v) is 18.3. The van der Waals surface area contributed by atoms with Crippen LogP contribution in [0.15, 0.2) is 60.0 Å². The minimum Gasteiger partial charge on any atom is -0.484 e. The van der Waals surface area contributed by atoms with Gasteiger partial charge in [-0.25, -0.2) is 14.6 Å². The lowest BCUT2D eigenvalue weighted by atomic mass is 9.89. The van der Waals surface area contributed by atoms with E-state index in [1.165, 1.54) is 24.3 Å². The van der Waals surface area contributed by atoms with Crippen molar-refractivity contribution in [2.24, 2.45) is 16.8 Å². The standard InChI is InChI=1S/C22H19F7N6O/c23-14-3-6-16(18(24)7-14)17(10-35(31)12-34-30)22(28,29)20-9-32-19(8-33-20)13-1-4-15(5-2-13)36-11-21(25,26)27/h1-9,12,17H,10-11,30-31H2/b34-12-. The van der Waals surface area contributed by atoms with Crippen molar-refractivity contribution in [3.8, 4) is 17.0 Å². The second-order valence-electron chi connectivity index (χ2n) is 7.52. The number of rotatable bonds is 9. The summed E-state index contributed by atoms with van der Waals surface area (Å²) in [6, 6.07) is 7.44. The third-order valence-corrected chi connectivity index (χ3v) is 4.93. The molecule has 0 bridgehead atoms. The van der Waals surface area contributed by atoms with E-state index in [1.807, 2.05) is 0 Å².